The van der Waals surface area contributed by atoms with E-state index in [1.54, 1.807) is 26.0 Å². The minimum atomic E-state index is -4.70. The van der Waals surface area contributed by atoms with Crippen LogP contribution in [-0.4, -0.2) is 31.7 Å². The van der Waals surface area contributed by atoms with Gasteiger partial charge in [0.05, 0.1) is 18.2 Å². The Morgan fingerprint density at radius 1 is 1.26 bits per heavy atom. The van der Waals surface area contributed by atoms with E-state index in [0.717, 1.165) is 12.7 Å². The quantitative estimate of drug-likeness (QED) is 0.464. The summed E-state index contributed by atoms with van der Waals surface area (Å²) in [6, 6.07) is 4.14. The second-order valence-corrected chi connectivity index (χ2v) is 9.36. The smallest absolute Gasteiger partial charge is 0.434 e. The number of nitriles is 1. The minimum absolute atomic E-state index is 0.137. The highest BCUT2D eigenvalue weighted by atomic mass is 32.2. The molecule has 0 radical (unpaired) electrons. The van der Waals surface area contributed by atoms with Crippen LogP contribution in [0.1, 0.15) is 57.4 Å². The van der Waals surface area contributed by atoms with Gasteiger partial charge >= 0.3 is 11.7 Å². The van der Waals surface area contributed by atoms with Crippen molar-refractivity contribution < 1.29 is 31.1 Å². The number of halogens is 2. The highest BCUT2D eigenvalue weighted by Gasteiger charge is 2.35. The van der Waals surface area contributed by atoms with Gasteiger partial charge in [-0.25, -0.2) is 31.9 Å². The molecule has 0 saturated carbocycles. The van der Waals surface area contributed by atoms with Crippen LogP contribution in [0.5, 0.6) is 0 Å². The van der Waals surface area contributed by atoms with E-state index in [1.165, 1.54) is 13.0 Å². The molecular formula is C22H20F2N4O6S. The Balaban J connectivity index is 2.18. The number of nitrogens with zero attached hydrogens (tertiary/aromatic N) is 2. The van der Waals surface area contributed by atoms with Crippen LogP contribution in [0.2, 0.25) is 0 Å². The molecule has 0 aliphatic carbocycles. The number of aromatic nitrogens is 2. The van der Waals surface area contributed by atoms with Crippen LogP contribution in [0.4, 0.5) is 8.78 Å². The fourth-order valence-electron chi connectivity index (χ4n) is 3.63. The van der Waals surface area contributed by atoms with Crippen molar-refractivity contribution in [3.05, 3.63) is 80.2 Å². The maximum Gasteiger partial charge on any atom is 0.434 e. The van der Waals surface area contributed by atoms with E-state index in [-0.39, 0.29) is 5.56 Å². The van der Waals surface area contributed by atoms with Gasteiger partial charge in [0.1, 0.15) is 28.6 Å². The number of carbonyl (C=O) groups is 1. The normalized spacial score (nSPS) is 13.2. The van der Waals surface area contributed by atoms with Crippen LogP contribution in [0.3, 0.4) is 0 Å². The Hall–Kier alpha value is -3.89. The van der Waals surface area contributed by atoms with E-state index in [4.69, 9.17) is 4.42 Å². The summed E-state index contributed by atoms with van der Waals surface area (Å²) in [6.45, 7) is 4.88. The molecule has 2 aromatic carbocycles. The first kappa shape index (κ1) is 25.7. The first-order valence-electron chi connectivity index (χ1n) is 10.1. The van der Waals surface area contributed by atoms with Crippen LogP contribution < -0.4 is 10.5 Å². The molecule has 0 fully saturated rings. The summed E-state index contributed by atoms with van der Waals surface area (Å²) in [5.74, 6) is -5.31. The molecule has 0 amide bonds. The largest absolute Gasteiger partial charge is 0.465 e. The second-order valence-electron chi connectivity index (χ2n) is 7.67. The molecule has 0 aliphatic heterocycles. The molecule has 3 aromatic rings. The molecule has 2 atom stereocenters. The first-order valence-corrected chi connectivity index (χ1v) is 11.5. The van der Waals surface area contributed by atoms with Crippen molar-refractivity contribution in [2.24, 2.45) is 0 Å². The SMILES string of the molecule is COC(=O)c1cc(S(=O)(=O)NC(c2n[nH]c(=O)o2)C(C)c2c(F)ccc(C)c2C)c(C#N)cc1F. The Bertz CT molecular complexity index is 1510. The summed E-state index contributed by atoms with van der Waals surface area (Å²) in [5.41, 5.74) is 0.0791. The monoisotopic (exact) mass is 506 g/mol. The maximum atomic E-state index is 14.8. The summed E-state index contributed by atoms with van der Waals surface area (Å²) in [4.78, 5) is 22.8. The number of nitrogens with one attached hydrogen (secondary N) is 2. The lowest BCUT2D eigenvalue weighted by molar-refractivity contribution is 0.0595. The Morgan fingerprint density at radius 2 is 1.94 bits per heavy atom. The van der Waals surface area contributed by atoms with Crippen LogP contribution in [-0.2, 0) is 14.8 Å². The number of aromatic amines is 1. The third kappa shape index (κ3) is 4.98. The molecule has 0 bridgehead atoms. The van der Waals surface area contributed by atoms with Crippen molar-refractivity contribution in [2.45, 2.75) is 37.6 Å². The average Bonchev–Trinajstić information content (AvgIpc) is 3.25. The topological polar surface area (TPSA) is 155 Å². The molecular weight excluding hydrogens is 486 g/mol. The van der Waals surface area contributed by atoms with Gasteiger partial charge in [-0.3, -0.25) is 0 Å². The minimum Gasteiger partial charge on any atom is -0.465 e. The summed E-state index contributed by atoms with van der Waals surface area (Å²) < 4.78 is 67.5. The van der Waals surface area contributed by atoms with Gasteiger partial charge in [-0.1, -0.05) is 13.0 Å². The number of methoxy groups -OCH3 is 1. The van der Waals surface area contributed by atoms with Crippen LogP contribution in [0, 0.1) is 36.8 Å². The van der Waals surface area contributed by atoms with Crippen molar-refractivity contribution >= 4 is 16.0 Å². The van der Waals surface area contributed by atoms with Crippen LogP contribution in [0.15, 0.2) is 38.4 Å². The summed E-state index contributed by atoms with van der Waals surface area (Å²) in [5, 5.41) is 15.1. The van der Waals surface area contributed by atoms with Gasteiger partial charge in [-0.15, -0.1) is 5.10 Å². The molecule has 1 aromatic heterocycles. The lowest BCUT2D eigenvalue weighted by Gasteiger charge is -2.25. The number of rotatable bonds is 7. The number of ether oxygens (including phenoxy) is 1. The Kier molecular flexibility index (Phi) is 7.18. The van der Waals surface area contributed by atoms with Gasteiger partial charge in [-0.05, 0) is 48.7 Å². The summed E-state index contributed by atoms with van der Waals surface area (Å²) >= 11 is 0. The number of sulfonamides is 1. The summed E-state index contributed by atoms with van der Waals surface area (Å²) in [6.07, 6.45) is 0. The zero-order valence-electron chi connectivity index (χ0n) is 19.0. The Morgan fingerprint density at radius 3 is 2.51 bits per heavy atom. The van der Waals surface area contributed by atoms with E-state index >= 15 is 0 Å². The van der Waals surface area contributed by atoms with Gasteiger partial charge < -0.3 is 9.15 Å². The van der Waals surface area contributed by atoms with Gasteiger partial charge in [0.25, 0.3) is 0 Å². The molecule has 10 nitrogen and oxygen atoms in total. The van der Waals surface area contributed by atoms with Gasteiger partial charge in [0, 0.05) is 5.92 Å². The van der Waals surface area contributed by atoms with Gasteiger partial charge in [0.2, 0.25) is 15.9 Å². The fraction of sp³-hybridized carbons (Fsp3) is 0.273. The Labute approximate surface area is 198 Å². The molecule has 2 unspecified atom stereocenters. The predicted octanol–water partition coefficient (Wildman–Crippen LogP) is 2.74. The highest BCUT2D eigenvalue weighted by molar-refractivity contribution is 7.89. The number of H-pyrrole nitrogens is 1. The number of benzene rings is 2. The van der Waals surface area contributed by atoms with Gasteiger partial charge in [-0.2, -0.15) is 9.98 Å². The standard InChI is InChI=1S/C22H20F2N4O6S/c1-10-5-6-15(23)18(11(10)2)12(3)19(20-26-27-22(30)34-20)28-35(31,32)17-8-14(21(29)33-4)16(24)7-13(17)9-25/h5-8,12,19,28H,1-4H3,(H,27,30). The number of hydrogen-bond acceptors (Lipinski definition) is 8. The van der Waals surface area contributed by atoms with E-state index in [2.05, 4.69) is 14.6 Å². The molecule has 184 valence electrons. The highest BCUT2D eigenvalue weighted by Crippen LogP contribution is 2.35. The van der Waals surface area contributed by atoms with Crippen molar-refractivity contribution in [2.75, 3.05) is 7.11 Å². The van der Waals surface area contributed by atoms with Gasteiger partial charge in [0.15, 0.2) is 0 Å². The lowest BCUT2D eigenvalue weighted by Crippen LogP contribution is -2.33. The zero-order valence-corrected chi connectivity index (χ0v) is 19.8. The molecule has 1 heterocycles. The van der Waals surface area contributed by atoms with Crippen molar-refractivity contribution in [1.82, 2.24) is 14.9 Å². The molecule has 0 aliphatic rings. The fourth-order valence-corrected chi connectivity index (χ4v) is 5.06. The second kappa shape index (κ2) is 9.77. The number of aryl methyl sites for hydroxylation is 1. The predicted molar refractivity (Wildman–Crippen MR) is 117 cm³/mol. The number of carbonyl (C=O) groups excluding carboxylic acids is 1. The molecule has 3 rings (SSSR count). The van der Waals surface area contributed by atoms with Crippen molar-refractivity contribution in [3.8, 4) is 6.07 Å². The maximum absolute atomic E-state index is 14.8. The molecule has 35 heavy (non-hydrogen) atoms. The summed E-state index contributed by atoms with van der Waals surface area (Å²) in [7, 11) is -3.72. The van der Waals surface area contributed by atoms with E-state index in [0.29, 0.717) is 17.7 Å². The molecule has 13 heteroatoms. The van der Waals surface area contributed by atoms with Crippen molar-refractivity contribution in [3.63, 3.8) is 0 Å². The molecule has 2 N–H and O–H groups in total. The molecule has 0 spiro atoms. The van der Waals surface area contributed by atoms with E-state index in [1.807, 2.05) is 5.10 Å². The first-order chi connectivity index (χ1) is 16.4. The van der Waals surface area contributed by atoms with E-state index < -0.39 is 67.3 Å². The van der Waals surface area contributed by atoms with Crippen LogP contribution in [0.25, 0.3) is 0 Å². The third-order valence-corrected chi connectivity index (χ3v) is 7.06. The van der Waals surface area contributed by atoms with Crippen LogP contribution >= 0.6 is 0 Å². The lowest BCUT2D eigenvalue weighted by atomic mass is 9.88. The zero-order chi connectivity index (χ0) is 26.1. The van der Waals surface area contributed by atoms with E-state index in [9.17, 15) is 32.0 Å². The average molecular weight is 506 g/mol. The van der Waals surface area contributed by atoms with Crippen molar-refractivity contribution in [1.29, 1.82) is 5.26 Å². The number of esters is 1. The molecule has 0 saturated heterocycles. The third-order valence-electron chi connectivity index (χ3n) is 5.58. The number of hydrogen-bond donors (Lipinski definition) is 2.